The summed E-state index contributed by atoms with van der Waals surface area (Å²) in [6, 6.07) is 8.18. The normalized spacial score (nSPS) is 13.1. The van der Waals surface area contributed by atoms with Crippen molar-refractivity contribution < 1.29 is 21.9 Å². The summed E-state index contributed by atoms with van der Waals surface area (Å²) in [5, 5.41) is 0. The highest BCUT2D eigenvalue weighted by Crippen LogP contribution is 2.22. The lowest BCUT2D eigenvalue weighted by molar-refractivity contribution is -0.0499. The van der Waals surface area contributed by atoms with Gasteiger partial charge in [-0.25, -0.2) is 13.1 Å². The number of nitrogens with one attached hydrogen (secondary N) is 1. The Kier molecular flexibility index (Phi) is 5.04. The fourth-order valence-electron chi connectivity index (χ4n) is 1.83. The third-order valence-electron chi connectivity index (χ3n) is 2.86. The molecule has 0 saturated carbocycles. The van der Waals surface area contributed by atoms with Crippen LogP contribution in [0.4, 0.5) is 8.78 Å². The lowest BCUT2D eigenvalue weighted by atomic mass is 10.1. The van der Waals surface area contributed by atoms with Gasteiger partial charge in [0, 0.05) is 18.4 Å². The van der Waals surface area contributed by atoms with Crippen molar-refractivity contribution >= 4 is 10.0 Å². The van der Waals surface area contributed by atoms with Gasteiger partial charge in [-0.3, -0.25) is 4.98 Å². The predicted molar refractivity (Wildman–Crippen MR) is 76.0 cm³/mol. The molecule has 0 unspecified atom stereocenters. The zero-order valence-electron chi connectivity index (χ0n) is 11.6. The van der Waals surface area contributed by atoms with Gasteiger partial charge in [-0.15, -0.1) is 0 Å². The molecule has 118 valence electrons. The number of nitrogens with zero attached hydrogens (tertiary/aromatic N) is 1. The van der Waals surface area contributed by atoms with Crippen LogP contribution in [0.3, 0.4) is 0 Å². The topological polar surface area (TPSA) is 68.3 Å². The number of hydrogen-bond donors (Lipinski definition) is 1. The maximum absolute atomic E-state index is 12.2. The van der Waals surface area contributed by atoms with E-state index in [2.05, 4.69) is 14.4 Å². The van der Waals surface area contributed by atoms with Gasteiger partial charge in [-0.05, 0) is 36.8 Å². The first kappa shape index (κ1) is 16.3. The number of halogens is 2. The van der Waals surface area contributed by atoms with Gasteiger partial charge in [0.15, 0.2) is 0 Å². The Bertz CT molecular complexity index is 724. The second kappa shape index (κ2) is 6.80. The maximum Gasteiger partial charge on any atom is 0.387 e. The Balaban J connectivity index is 2.17. The van der Waals surface area contributed by atoms with E-state index in [-0.39, 0.29) is 10.6 Å². The molecule has 2 rings (SSSR count). The van der Waals surface area contributed by atoms with E-state index < -0.39 is 22.7 Å². The molecular weight excluding hydrogens is 314 g/mol. The maximum atomic E-state index is 12.2. The number of rotatable bonds is 6. The molecule has 1 N–H and O–H groups in total. The Hall–Kier alpha value is -2.06. The van der Waals surface area contributed by atoms with Crippen LogP contribution in [0.25, 0.3) is 0 Å². The van der Waals surface area contributed by atoms with Crippen molar-refractivity contribution in [1.29, 1.82) is 0 Å². The molecule has 0 saturated heterocycles. The summed E-state index contributed by atoms with van der Waals surface area (Å²) in [5.41, 5.74) is 0.505. The first-order chi connectivity index (χ1) is 10.4. The van der Waals surface area contributed by atoms with Crippen LogP contribution in [0, 0.1) is 0 Å². The molecule has 0 radical (unpaired) electrons. The molecule has 8 heteroatoms. The van der Waals surface area contributed by atoms with Crippen LogP contribution in [0.5, 0.6) is 5.75 Å². The van der Waals surface area contributed by atoms with Crippen LogP contribution in [-0.4, -0.2) is 20.0 Å². The molecule has 22 heavy (non-hydrogen) atoms. The van der Waals surface area contributed by atoms with E-state index in [1.165, 1.54) is 42.7 Å². The van der Waals surface area contributed by atoms with E-state index in [0.717, 1.165) is 0 Å². The number of sulfonamides is 1. The van der Waals surface area contributed by atoms with Gasteiger partial charge in [0.05, 0.1) is 0 Å². The molecule has 0 spiro atoms. The molecule has 1 aromatic carbocycles. The van der Waals surface area contributed by atoms with Crippen molar-refractivity contribution in [2.45, 2.75) is 24.5 Å². The number of alkyl halides is 2. The fourth-order valence-corrected chi connectivity index (χ4v) is 3.03. The molecule has 1 aromatic heterocycles. The van der Waals surface area contributed by atoms with E-state index in [0.29, 0.717) is 5.56 Å². The van der Waals surface area contributed by atoms with Gasteiger partial charge in [0.25, 0.3) is 0 Å². The third kappa shape index (κ3) is 4.22. The van der Waals surface area contributed by atoms with E-state index >= 15 is 0 Å². The van der Waals surface area contributed by atoms with Gasteiger partial charge < -0.3 is 4.74 Å². The molecule has 0 bridgehead atoms. The summed E-state index contributed by atoms with van der Waals surface area (Å²) in [6.45, 7) is -1.33. The Morgan fingerprint density at radius 1 is 1.23 bits per heavy atom. The average molecular weight is 328 g/mol. The van der Waals surface area contributed by atoms with Gasteiger partial charge in [-0.2, -0.15) is 8.78 Å². The second-order valence-corrected chi connectivity index (χ2v) is 6.20. The summed E-state index contributed by atoms with van der Waals surface area (Å²) in [7, 11) is -3.75. The van der Waals surface area contributed by atoms with Crippen molar-refractivity contribution in [2.75, 3.05) is 0 Å². The van der Waals surface area contributed by atoms with E-state index in [1.54, 1.807) is 13.0 Å². The minimum Gasteiger partial charge on any atom is -0.435 e. The second-order valence-electron chi connectivity index (χ2n) is 4.48. The molecule has 0 amide bonds. The first-order valence-electron chi connectivity index (χ1n) is 6.35. The number of hydrogen-bond acceptors (Lipinski definition) is 4. The highest BCUT2D eigenvalue weighted by molar-refractivity contribution is 7.89. The highest BCUT2D eigenvalue weighted by Gasteiger charge is 2.19. The Morgan fingerprint density at radius 3 is 2.64 bits per heavy atom. The van der Waals surface area contributed by atoms with Crippen LogP contribution in [0.15, 0.2) is 53.7 Å². The molecule has 0 aliphatic heterocycles. The molecule has 1 atom stereocenters. The van der Waals surface area contributed by atoms with Gasteiger partial charge in [0.1, 0.15) is 10.6 Å². The lowest BCUT2D eigenvalue weighted by Crippen LogP contribution is -2.27. The molecule has 5 nitrogen and oxygen atoms in total. The predicted octanol–water partition coefficient (Wildman–Crippen LogP) is 2.72. The molecule has 0 fully saturated rings. The van der Waals surface area contributed by atoms with Crippen molar-refractivity contribution in [2.24, 2.45) is 0 Å². The average Bonchev–Trinajstić information content (AvgIpc) is 2.47. The van der Waals surface area contributed by atoms with Crippen molar-refractivity contribution in [3.8, 4) is 5.75 Å². The summed E-state index contributed by atoms with van der Waals surface area (Å²) in [4.78, 5) is 3.78. The SMILES string of the molecule is C[C@@H](NS(=O)(=O)c1cccnc1)c1cccc(OC(F)F)c1. The molecular formula is C14H14F2N2O3S. The van der Waals surface area contributed by atoms with Crippen molar-refractivity contribution in [3.05, 3.63) is 54.4 Å². The smallest absolute Gasteiger partial charge is 0.387 e. The minimum absolute atomic E-state index is 0.0278. The Labute approximate surface area is 127 Å². The quantitative estimate of drug-likeness (QED) is 0.885. The molecule has 0 aliphatic rings. The third-order valence-corrected chi connectivity index (χ3v) is 4.39. The van der Waals surface area contributed by atoms with Crippen molar-refractivity contribution in [3.63, 3.8) is 0 Å². The van der Waals surface area contributed by atoms with E-state index in [9.17, 15) is 17.2 Å². The lowest BCUT2D eigenvalue weighted by Gasteiger charge is -2.15. The summed E-state index contributed by atoms with van der Waals surface area (Å²) >= 11 is 0. The van der Waals surface area contributed by atoms with Crippen LogP contribution in [-0.2, 0) is 10.0 Å². The number of aromatic nitrogens is 1. The standard InChI is InChI=1S/C14H14F2N2O3S/c1-10(11-4-2-5-12(8-11)21-14(15)16)18-22(19,20)13-6-3-7-17-9-13/h2-10,14,18H,1H3/t10-/m1/s1. The highest BCUT2D eigenvalue weighted by atomic mass is 32.2. The van der Waals surface area contributed by atoms with E-state index in [4.69, 9.17) is 0 Å². The van der Waals surface area contributed by atoms with Crippen LogP contribution < -0.4 is 9.46 Å². The summed E-state index contributed by atoms with van der Waals surface area (Å²) in [6.07, 6.45) is 2.69. The van der Waals surface area contributed by atoms with Gasteiger partial charge in [-0.1, -0.05) is 12.1 Å². The molecule has 2 aromatic rings. The zero-order chi connectivity index (χ0) is 16.2. The molecule has 0 aliphatic carbocycles. The summed E-state index contributed by atoms with van der Waals surface area (Å²) < 4.78 is 55.5. The minimum atomic E-state index is -3.75. The number of ether oxygens (including phenoxy) is 1. The van der Waals surface area contributed by atoms with Crippen LogP contribution >= 0.6 is 0 Å². The largest absolute Gasteiger partial charge is 0.435 e. The van der Waals surface area contributed by atoms with Gasteiger partial charge >= 0.3 is 6.61 Å². The first-order valence-corrected chi connectivity index (χ1v) is 7.84. The van der Waals surface area contributed by atoms with Crippen molar-refractivity contribution in [1.82, 2.24) is 9.71 Å². The number of benzene rings is 1. The Morgan fingerprint density at radius 2 is 2.00 bits per heavy atom. The van der Waals surface area contributed by atoms with Gasteiger partial charge in [0.2, 0.25) is 10.0 Å². The number of pyridine rings is 1. The summed E-state index contributed by atoms with van der Waals surface area (Å²) in [5.74, 6) is -0.0278. The van der Waals surface area contributed by atoms with E-state index in [1.807, 2.05) is 0 Å². The zero-order valence-corrected chi connectivity index (χ0v) is 12.4. The monoisotopic (exact) mass is 328 g/mol. The van der Waals surface area contributed by atoms with Crippen LogP contribution in [0.1, 0.15) is 18.5 Å². The fraction of sp³-hybridized carbons (Fsp3) is 0.214. The van der Waals surface area contributed by atoms with Crippen LogP contribution in [0.2, 0.25) is 0 Å². The molecule has 1 heterocycles.